The number of carbonyl (C=O) groups excluding carboxylic acids is 2. The van der Waals surface area contributed by atoms with Crippen molar-refractivity contribution < 1.29 is 9.59 Å². The minimum Gasteiger partial charge on any atom is -0.291 e. The van der Waals surface area contributed by atoms with Crippen LogP contribution in [0.2, 0.25) is 0 Å². The van der Waals surface area contributed by atoms with E-state index in [4.69, 9.17) is 0 Å². The minimum atomic E-state index is -0.397. The highest BCUT2D eigenvalue weighted by molar-refractivity contribution is 8.68. The van der Waals surface area contributed by atoms with Crippen LogP contribution >= 0.6 is 69.1 Å². The summed E-state index contributed by atoms with van der Waals surface area (Å²) in [6.45, 7) is 1.26. The molecule has 0 aliphatic carbocycles. The molecule has 0 aliphatic rings. The lowest BCUT2D eigenvalue weighted by Gasteiger charge is -1.86. The van der Waals surface area contributed by atoms with E-state index in [1.54, 1.807) is 0 Å². The van der Waals surface area contributed by atoms with E-state index < -0.39 is 5.78 Å². The molecule has 0 unspecified atom stereocenters. The third-order valence-corrected chi connectivity index (χ3v) is 1.37. The van der Waals surface area contributed by atoms with E-state index in [0.29, 0.717) is 0 Å². The maximum Gasteiger partial charge on any atom is 0.208 e. The number of hydrogen-bond donors (Lipinski definition) is 5. The first kappa shape index (κ1) is 19.1. The highest BCUT2D eigenvalue weighted by atomic mass is 33.1. The molecule has 0 saturated carbocycles. The number of ketones is 2. The van der Waals surface area contributed by atoms with Crippen molar-refractivity contribution in [1.82, 2.24) is 0 Å². The average molecular weight is 283 g/mol. The number of hydrogen-bond acceptors (Lipinski definition) is 8. The molecule has 0 spiro atoms. The van der Waals surface area contributed by atoms with Gasteiger partial charge in [-0.15, -0.1) is 58.3 Å². The van der Waals surface area contributed by atoms with Gasteiger partial charge in [-0.05, 0) is 0 Å². The van der Waals surface area contributed by atoms with E-state index in [9.17, 15) is 9.59 Å². The second-order valence-electron chi connectivity index (χ2n) is 1.25. The first-order valence-electron chi connectivity index (χ1n) is 2.38. The summed E-state index contributed by atoms with van der Waals surface area (Å²) in [5.41, 5.74) is 0. The quantitative estimate of drug-likeness (QED) is 0.313. The normalized spacial score (nSPS) is 6.83. The third-order valence-electron chi connectivity index (χ3n) is 0.588. The summed E-state index contributed by atoms with van der Waals surface area (Å²) >= 11 is 16.6. The molecule has 0 aromatic carbocycles. The molecule has 0 amide bonds. The molecule has 0 radical (unpaired) electrons. The van der Waals surface area contributed by atoms with Crippen molar-refractivity contribution in [3.63, 3.8) is 0 Å². The molecule has 0 aromatic rings. The second kappa shape index (κ2) is 18.3. The second-order valence-corrected chi connectivity index (χ2v) is 2.57. The Labute approximate surface area is 102 Å². The lowest BCUT2D eigenvalue weighted by atomic mass is 10.3. The molecule has 8 heteroatoms. The van der Waals surface area contributed by atoms with Crippen LogP contribution in [0.3, 0.4) is 0 Å². The van der Waals surface area contributed by atoms with Crippen LogP contribution in [0.25, 0.3) is 0 Å². The number of carbonyl (C=O) groups is 2. The first-order valence-corrected chi connectivity index (χ1v) is 7.62. The van der Waals surface area contributed by atoms with E-state index in [0.717, 1.165) is 10.8 Å². The van der Waals surface area contributed by atoms with Gasteiger partial charge in [0.2, 0.25) is 5.78 Å². The molecule has 0 rings (SSSR count). The Kier molecular flexibility index (Phi) is 29.1. The molecule has 0 aliphatic heterocycles. The lowest BCUT2D eigenvalue weighted by molar-refractivity contribution is -0.133. The highest BCUT2D eigenvalue weighted by Gasteiger charge is 2.04. The molecular weight excluding hydrogens is 272 g/mol. The van der Waals surface area contributed by atoms with Crippen LogP contribution in [-0.2, 0) is 9.59 Å². The summed E-state index contributed by atoms with van der Waals surface area (Å²) in [5, 5.41) is 0. The summed E-state index contributed by atoms with van der Waals surface area (Å²) in [5.74, 6) is -0.588. The maximum absolute atomic E-state index is 10.3. The third kappa shape index (κ3) is 17.5. The Morgan fingerprint density at radius 3 is 1.58 bits per heavy atom. The zero-order chi connectivity index (χ0) is 10.6. The van der Waals surface area contributed by atoms with E-state index in [1.165, 1.54) is 6.92 Å². The van der Waals surface area contributed by atoms with E-state index in [2.05, 4.69) is 58.3 Å². The SMILES string of the molecule is CC(=O)C(=O)CSS.SS.SS. The number of thiol groups is 5. The van der Waals surface area contributed by atoms with Gasteiger partial charge < -0.3 is 0 Å². The Bertz CT molecular complexity index is 116. The summed E-state index contributed by atoms with van der Waals surface area (Å²) < 4.78 is 0. The minimum absolute atomic E-state index is 0.179. The molecular formula is C4H10O2S6. The zero-order valence-electron chi connectivity index (χ0n) is 6.17. The van der Waals surface area contributed by atoms with Crippen molar-refractivity contribution in [1.29, 1.82) is 0 Å². The van der Waals surface area contributed by atoms with Crippen LogP contribution in [0, 0.1) is 0 Å². The predicted octanol–water partition coefficient (Wildman–Crippen LogP) is 2.24. The Morgan fingerprint density at radius 1 is 1.17 bits per heavy atom. The monoisotopic (exact) mass is 282 g/mol. The molecule has 0 saturated heterocycles. The van der Waals surface area contributed by atoms with Crippen molar-refractivity contribution in [2.45, 2.75) is 6.92 Å². The van der Waals surface area contributed by atoms with Gasteiger partial charge in [0, 0.05) is 6.92 Å². The fourth-order valence-electron chi connectivity index (χ4n) is 0.160. The van der Waals surface area contributed by atoms with Crippen LogP contribution < -0.4 is 0 Å². The van der Waals surface area contributed by atoms with E-state index in [-0.39, 0.29) is 11.5 Å². The van der Waals surface area contributed by atoms with Crippen LogP contribution in [0.4, 0.5) is 0 Å². The molecule has 0 N–H and O–H groups in total. The Balaban J connectivity index is -0.000000175. The number of rotatable bonds is 3. The Morgan fingerprint density at radius 2 is 1.50 bits per heavy atom. The Hall–Kier alpha value is 1.44. The smallest absolute Gasteiger partial charge is 0.208 e. The van der Waals surface area contributed by atoms with Crippen molar-refractivity contribution in [3.8, 4) is 0 Å². The molecule has 0 aromatic heterocycles. The standard InChI is InChI=1S/C4H6O2S2.2H2S2/c1-3(5)4(6)2-8-7;2*1-2/h7H,2H2,1H3;2*1-2H. The van der Waals surface area contributed by atoms with Crippen molar-refractivity contribution in [2.24, 2.45) is 0 Å². The summed E-state index contributed by atoms with van der Waals surface area (Å²) in [6.07, 6.45) is 0. The van der Waals surface area contributed by atoms with Gasteiger partial charge in [0.25, 0.3) is 0 Å². The van der Waals surface area contributed by atoms with Crippen LogP contribution in [0.15, 0.2) is 0 Å². The first-order chi connectivity index (χ1) is 5.68. The van der Waals surface area contributed by atoms with Gasteiger partial charge in [-0.1, -0.05) is 10.8 Å². The van der Waals surface area contributed by atoms with Crippen molar-refractivity contribution in [2.75, 3.05) is 5.75 Å². The van der Waals surface area contributed by atoms with Gasteiger partial charge in [0.1, 0.15) is 0 Å². The average Bonchev–Trinajstić information content (AvgIpc) is 2.12. The zero-order valence-corrected chi connectivity index (χ0v) is 11.5. The molecule has 0 atom stereocenters. The van der Waals surface area contributed by atoms with Crippen LogP contribution in [0.1, 0.15) is 6.92 Å². The maximum atomic E-state index is 10.3. The summed E-state index contributed by atoms with van der Waals surface area (Å²) in [4.78, 5) is 20.5. The van der Waals surface area contributed by atoms with E-state index in [1.807, 2.05) is 0 Å². The molecule has 0 heterocycles. The van der Waals surface area contributed by atoms with Gasteiger partial charge in [-0.25, -0.2) is 0 Å². The predicted molar refractivity (Wildman–Crippen MR) is 73.1 cm³/mol. The molecule has 0 bridgehead atoms. The van der Waals surface area contributed by atoms with Gasteiger partial charge in [0.05, 0.1) is 5.75 Å². The summed E-state index contributed by atoms with van der Waals surface area (Å²) in [6, 6.07) is 0. The van der Waals surface area contributed by atoms with Crippen LogP contribution in [-0.4, -0.2) is 17.3 Å². The fourth-order valence-corrected chi connectivity index (χ4v) is 0.833. The van der Waals surface area contributed by atoms with Gasteiger partial charge >= 0.3 is 0 Å². The molecule has 74 valence electrons. The lowest BCUT2D eigenvalue weighted by Crippen LogP contribution is -2.10. The molecule has 12 heavy (non-hydrogen) atoms. The van der Waals surface area contributed by atoms with Crippen LogP contribution in [0.5, 0.6) is 0 Å². The van der Waals surface area contributed by atoms with Crippen molar-refractivity contribution >= 4 is 80.7 Å². The molecule has 0 fully saturated rings. The fraction of sp³-hybridized carbons (Fsp3) is 0.500. The van der Waals surface area contributed by atoms with Gasteiger partial charge in [-0.3, -0.25) is 9.59 Å². The highest BCUT2D eigenvalue weighted by Crippen LogP contribution is 2.03. The summed E-state index contributed by atoms with van der Waals surface area (Å²) in [7, 11) is 1.06. The molecule has 2 nitrogen and oxygen atoms in total. The van der Waals surface area contributed by atoms with Gasteiger partial charge in [-0.2, -0.15) is 0 Å². The van der Waals surface area contributed by atoms with Gasteiger partial charge in [0.15, 0.2) is 5.78 Å². The topological polar surface area (TPSA) is 34.1 Å². The largest absolute Gasteiger partial charge is 0.291 e. The number of Topliss-reactive ketones (excluding diaryl/α,β-unsaturated/α-hetero) is 2. The van der Waals surface area contributed by atoms with Crippen molar-refractivity contribution in [3.05, 3.63) is 0 Å². The van der Waals surface area contributed by atoms with E-state index >= 15 is 0 Å².